The number of benzene rings is 1. The molecule has 1 amide bonds. The second-order valence-electron chi connectivity index (χ2n) is 7.84. The maximum absolute atomic E-state index is 13.4. The summed E-state index contributed by atoms with van der Waals surface area (Å²) in [5, 5.41) is 10.7. The molecule has 0 N–H and O–H groups in total. The predicted molar refractivity (Wildman–Crippen MR) is 137 cm³/mol. The first-order valence-electron chi connectivity index (χ1n) is 11.0. The third kappa shape index (κ3) is 4.47. The third-order valence-electron chi connectivity index (χ3n) is 5.87. The molecule has 0 bridgehead atoms. The average molecular weight is 472 g/mol. The lowest BCUT2D eigenvalue weighted by Crippen LogP contribution is -2.49. The maximum atomic E-state index is 13.4. The second kappa shape index (κ2) is 10.4. The van der Waals surface area contributed by atoms with Gasteiger partial charge in [-0.3, -0.25) is 14.2 Å². The number of rotatable bonds is 6. The first-order valence-corrected chi connectivity index (χ1v) is 12.2. The van der Waals surface area contributed by atoms with Crippen molar-refractivity contribution < 1.29 is 4.79 Å². The summed E-state index contributed by atoms with van der Waals surface area (Å²) in [7, 11) is 0. The van der Waals surface area contributed by atoms with Crippen molar-refractivity contribution in [2.45, 2.75) is 6.54 Å². The summed E-state index contributed by atoms with van der Waals surface area (Å²) in [5.74, 6) is -0.0302. The van der Waals surface area contributed by atoms with E-state index in [2.05, 4.69) is 17.6 Å². The van der Waals surface area contributed by atoms with Crippen molar-refractivity contribution in [3.63, 3.8) is 0 Å². The van der Waals surface area contributed by atoms with Gasteiger partial charge >= 0.3 is 0 Å². The fourth-order valence-corrected chi connectivity index (χ4v) is 4.76. The maximum Gasteiger partial charge on any atom is 0.272 e. The number of thioether (sulfide) groups is 1. The summed E-state index contributed by atoms with van der Waals surface area (Å²) >= 11 is 1.40. The quantitative estimate of drug-likeness (QED) is 0.405. The van der Waals surface area contributed by atoms with Gasteiger partial charge in [0.1, 0.15) is 17.3 Å². The van der Waals surface area contributed by atoms with Crippen LogP contribution >= 0.6 is 11.8 Å². The van der Waals surface area contributed by atoms with Crippen LogP contribution in [0.3, 0.4) is 0 Å². The lowest BCUT2D eigenvalue weighted by molar-refractivity contribution is -0.126. The van der Waals surface area contributed by atoms with Crippen LogP contribution in [-0.4, -0.2) is 52.8 Å². The molecule has 0 radical (unpaired) electrons. The van der Waals surface area contributed by atoms with E-state index in [9.17, 15) is 14.9 Å². The topological polar surface area (TPSA) is 82.2 Å². The van der Waals surface area contributed by atoms with Crippen LogP contribution in [-0.2, 0) is 11.3 Å². The molecule has 0 unspecified atom stereocenters. The Morgan fingerprint density at radius 2 is 1.91 bits per heavy atom. The van der Waals surface area contributed by atoms with Crippen LogP contribution in [0.25, 0.3) is 11.0 Å². The molecule has 3 aromatic rings. The van der Waals surface area contributed by atoms with Crippen LogP contribution in [0, 0.1) is 11.3 Å². The largest absolute Gasteiger partial charge is 0.366 e. The van der Waals surface area contributed by atoms with Gasteiger partial charge in [-0.1, -0.05) is 43.0 Å². The zero-order valence-electron chi connectivity index (χ0n) is 19.0. The number of fused-ring (bicyclic) bond motifs is 1. The van der Waals surface area contributed by atoms with Gasteiger partial charge < -0.3 is 9.80 Å². The molecule has 0 saturated carbocycles. The number of aromatic nitrogens is 2. The van der Waals surface area contributed by atoms with E-state index < -0.39 is 0 Å². The molecule has 2 aromatic heterocycles. The smallest absolute Gasteiger partial charge is 0.272 e. The van der Waals surface area contributed by atoms with E-state index in [1.807, 2.05) is 53.6 Å². The zero-order valence-corrected chi connectivity index (χ0v) is 19.8. The summed E-state index contributed by atoms with van der Waals surface area (Å²) in [6.45, 7) is 6.03. The van der Waals surface area contributed by atoms with Crippen molar-refractivity contribution in [3.05, 3.63) is 93.8 Å². The number of allylic oxidation sites excluding steroid dienone is 2. The van der Waals surface area contributed by atoms with E-state index >= 15 is 0 Å². The van der Waals surface area contributed by atoms with E-state index in [0.29, 0.717) is 49.0 Å². The third-order valence-corrected chi connectivity index (χ3v) is 6.62. The molecule has 0 spiro atoms. The number of nitriles is 1. The predicted octanol–water partition coefficient (Wildman–Crippen LogP) is 3.40. The van der Waals surface area contributed by atoms with E-state index in [0.717, 1.165) is 10.9 Å². The van der Waals surface area contributed by atoms with Gasteiger partial charge in [-0.05, 0) is 30.0 Å². The van der Waals surface area contributed by atoms with Gasteiger partial charge in [-0.15, -0.1) is 11.8 Å². The number of pyridine rings is 2. The van der Waals surface area contributed by atoms with Crippen LogP contribution in [0.5, 0.6) is 0 Å². The molecule has 1 fully saturated rings. The Bertz CT molecular complexity index is 1350. The van der Waals surface area contributed by atoms with Crippen molar-refractivity contribution in [2.24, 2.45) is 0 Å². The summed E-state index contributed by atoms with van der Waals surface area (Å²) < 4.78 is 1.57. The highest BCUT2D eigenvalue weighted by Crippen LogP contribution is 2.29. The number of piperazine rings is 1. The minimum atomic E-state index is -0.357. The number of carbonyl (C=O) groups excluding carboxylic acids is 1. The van der Waals surface area contributed by atoms with E-state index in [1.165, 1.54) is 11.8 Å². The molecule has 1 saturated heterocycles. The lowest BCUT2D eigenvalue weighted by atomic mass is 10.1. The Balaban J connectivity index is 1.71. The van der Waals surface area contributed by atoms with Gasteiger partial charge in [0.2, 0.25) is 0 Å². The molecule has 34 heavy (non-hydrogen) atoms. The van der Waals surface area contributed by atoms with Gasteiger partial charge in [-0.2, -0.15) is 5.26 Å². The first kappa shape index (κ1) is 23.3. The highest BCUT2D eigenvalue weighted by Gasteiger charge is 2.28. The molecule has 7 nitrogen and oxygen atoms in total. The molecule has 3 heterocycles. The molecule has 0 aliphatic carbocycles. The van der Waals surface area contributed by atoms with Crippen LogP contribution in [0.1, 0.15) is 11.1 Å². The van der Waals surface area contributed by atoms with Gasteiger partial charge in [0, 0.05) is 37.8 Å². The number of hydrogen-bond acceptors (Lipinski definition) is 6. The SMILES string of the molecule is C=C/C=C(\SC)C(=O)N1CCN(c2c(C#N)c(=O)n(Cc3ccccc3)c3ncccc23)CC1. The number of amides is 1. The normalized spacial score (nSPS) is 14.2. The minimum Gasteiger partial charge on any atom is -0.366 e. The van der Waals surface area contributed by atoms with Gasteiger partial charge in [0.15, 0.2) is 0 Å². The first-order chi connectivity index (χ1) is 16.6. The van der Waals surface area contributed by atoms with E-state index in [4.69, 9.17) is 0 Å². The highest BCUT2D eigenvalue weighted by molar-refractivity contribution is 8.03. The van der Waals surface area contributed by atoms with Crippen LogP contribution in [0.15, 0.2) is 77.1 Å². The standard InChI is InChI=1S/C26H25N5O2S/c1-3-8-22(34-2)26(33)30-15-13-29(14-16-30)23-20-11-7-12-28-24(20)31(25(32)21(23)17-27)18-19-9-5-4-6-10-19/h3-12H,1,13-16,18H2,2H3/b22-8-. The molecule has 0 atom stereocenters. The Morgan fingerprint density at radius 1 is 1.18 bits per heavy atom. The fourth-order valence-electron chi connectivity index (χ4n) is 4.23. The lowest BCUT2D eigenvalue weighted by Gasteiger charge is -2.37. The summed E-state index contributed by atoms with van der Waals surface area (Å²) in [6, 6.07) is 15.5. The number of hydrogen-bond donors (Lipinski definition) is 0. The van der Waals surface area contributed by atoms with E-state index in [1.54, 1.807) is 27.8 Å². The Hall–Kier alpha value is -3.83. The van der Waals surface area contributed by atoms with Gasteiger partial charge in [0.25, 0.3) is 11.5 Å². The van der Waals surface area contributed by atoms with Crippen LogP contribution in [0.2, 0.25) is 0 Å². The van der Waals surface area contributed by atoms with Crippen LogP contribution < -0.4 is 10.5 Å². The highest BCUT2D eigenvalue weighted by atomic mass is 32.2. The number of carbonyl (C=O) groups is 1. The van der Waals surface area contributed by atoms with Crippen molar-refractivity contribution in [2.75, 3.05) is 37.3 Å². The summed E-state index contributed by atoms with van der Waals surface area (Å²) in [4.78, 5) is 35.2. The molecule has 8 heteroatoms. The monoisotopic (exact) mass is 471 g/mol. The Labute approximate surface area is 202 Å². The average Bonchev–Trinajstić information content (AvgIpc) is 2.89. The molecule has 1 aliphatic heterocycles. The molecule has 4 rings (SSSR count). The number of nitrogens with zero attached hydrogens (tertiary/aromatic N) is 5. The second-order valence-corrected chi connectivity index (χ2v) is 8.68. The molecule has 1 aromatic carbocycles. The van der Waals surface area contributed by atoms with Crippen LogP contribution in [0.4, 0.5) is 5.69 Å². The number of anilines is 1. The molecule has 172 valence electrons. The van der Waals surface area contributed by atoms with Crippen molar-refractivity contribution in [1.29, 1.82) is 5.26 Å². The fraction of sp³-hybridized carbons (Fsp3) is 0.231. The van der Waals surface area contributed by atoms with Crippen molar-refractivity contribution in [3.8, 4) is 6.07 Å². The van der Waals surface area contributed by atoms with Gasteiger partial charge in [0.05, 0.1) is 17.1 Å². The van der Waals surface area contributed by atoms with E-state index in [-0.39, 0.29) is 17.0 Å². The minimum absolute atomic E-state index is 0.0302. The summed E-state index contributed by atoms with van der Waals surface area (Å²) in [6.07, 6.45) is 6.86. The molecule has 1 aliphatic rings. The van der Waals surface area contributed by atoms with Crippen molar-refractivity contribution >= 4 is 34.4 Å². The zero-order chi connectivity index (χ0) is 24.1. The Morgan fingerprint density at radius 3 is 2.56 bits per heavy atom. The summed E-state index contributed by atoms with van der Waals surface area (Å²) in [5.41, 5.74) is 1.84. The van der Waals surface area contributed by atoms with Crippen molar-refractivity contribution in [1.82, 2.24) is 14.5 Å². The molecular formula is C26H25N5O2S. The Kier molecular flexibility index (Phi) is 7.14. The molecular weight excluding hydrogens is 446 g/mol. The van der Waals surface area contributed by atoms with Gasteiger partial charge in [-0.25, -0.2) is 4.98 Å².